The molecule has 1 aliphatic heterocycles. The van der Waals surface area contributed by atoms with E-state index >= 15 is 0 Å². The molecule has 0 spiro atoms. The molecule has 31 heavy (non-hydrogen) atoms. The van der Waals surface area contributed by atoms with Crippen LogP contribution in [0.25, 0.3) is 0 Å². The lowest BCUT2D eigenvalue weighted by Gasteiger charge is -2.15. The largest absolute Gasteiger partial charge is 0.407 e. The Balaban J connectivity index is 1.39. The van der Waals surface area contributed by atoms with Crippen molar-refractivity contribution < 1.29 is 17.6 Å². The number of amides is 1. The van der Waals surface area contributed by atoms with Crippen LogP contribution >= 0.6 is 0 Å². The first kappa shape index (κ1) is 21.2. The van der Waals surface area contributed by atoms with E-state index in [4.69, 9.17) is 4.42 Å². The van der Waals surface area contributed by atoms with Crippen molar-refractivity contribution in [3.05, 3.63) is 71.1 Å². The molecule has 1 saturated heterocycles. The number of benzene rings is 2. The molecular weight excluding hydrogens is 416 g/mol. The molecule has 0 radical (unpaired) electrons. The van der Waals surface area contributed by atoms with Gasteiger partial charge in [-0.3, -0.25) is 10.1 Å². The molecule has 2 heterocycles. The van der Waals surface area contributed by atoms with Gasteiger partial charge in [0.05, 0.1) is 11.3 Å². The van der Waals surface area contributed by atoms with Crippen LogP contribution < -0.4 is 5.32 Å². The zero-order valence-corrected chi connectivity index (χ0v) is 18.1. The van der Waals surface area contributed by atoms with E-state index in [9.17, 15) is 13.2 Å². The van der Waals surface area contributed by atoms with E-state index < -0.39 is 15.9 Å². The molecule has 0 unspecified atom stereocenters. The first-order chi connectivity index (χ1) is 15.0. The van der Waals surface area contributed by atoms with Gasteiger partial charge >= 0.3 is 6.01 Å². The fraction of sp³-hybridized carbons (Fsp3) is 0.318. The van der Waals surface area contributed by atoms with Crippen molar-refractivity contribution in [1.29, 1.82) is 0 Å². The third-order valence-corrected chi connectivity index (χ3v) is 7.21. The van der Waals surface area contributed by atoms with Crippen LogP contribution in [0.5, 0.6) is 0 Å². The van der Waals surface area contributed by atoms with Gasteiger partial charge in [-0.15, -0.1) is 5.10 Å². The summed E-state index contributed by atoms with van der Waals surface area (Å²) in [5.74, 6) is -0.0563. The van der Waals surface area contributed by atoms with Gasteiger partial charge in [0.1, 0.15) is 0 Å². The van der Waals surface area contributed by atoms with Crippen molar-refractivity contribution in [3.63, 3.8) is 0 Å². The van der Waals surface area contributed by atoms with Gasteiger partial charge in [0.25, 0.3) is 5.91 Å². The Morgan fingerprint density at radius 2 is 1.65 bits per heavy atom. The summed E-state index contributed by atoms with van der Waals surface area (Å²) >= 11 is 0. The van der Waals surface area contributed by atoms with Crippen LogP contribution in [0.15, 0.2) is 57.8 Å². The second kappa shape index (κ2) is 8.99. The maximum atomic E-state index is 12.6. The number of aryl methyl sites for hydroxylation is 1. The van der Waals surface area contributed by atoms with Crippen LogP contribution in [0, 0.1) is 0 Å². The number of carbonyl (C=O) groups excluding carboxylic acids is 1. The van der Waals surface area contributed by atoms with E-state index in [-0.39, 0.29) is 10.9 Å². The molecular formula is C22H24N4O4S. The third-order valence-electron chi connectivity index (χ3n) is 5.29. The van der Waals surface area contributed by atoms with Gasteiger partial charge < -0.3 is 4.42 Å². The van der Waals surface area contributed by atoms with Crippen molar-refractivity contribution in [3.8, 4) is 0 Å². The molecule has 0 bridgehead atoms. The molecule has 4 rings (SSSR count). The molecule has 2 aromatic carbocycles. The Hall–Kier alpha value is -3.04. The Bertz CT molecular complexity index is 1150. The summed E-state index contributed by atoms with van der Waals surface area (Å²) in [6.45, 7) is 3.17. The summed E-state index contributed by atoms with van der Waals surface area (Å²) in [5.41, 5.74) is 2.59. The molecule has 0 atom stereocenters. The number of nitrogens with one attached hydrogen (secondary N) is 1. The minimum absolute atomic E-state index is 0.000979. The Morgan fingerprint density at radius 1 is 1.00 bits per heavy atom. The van der Waals surface area contributed by atoms with E-state index in [1.165, 1.54) is 34.1 Å². The third kappa shape index (κ3) is 4.83. The summed E-state index contributed by atoms with van der Waals surface area (Å²) in [7, 11) is -3.51. The maximum Gasteiger partial charge on any atom is 0.322 e. The van der Waals surface area contributed by atoms with Crippen molar-refractivity contribution in [2.45, 2.75) is 37.5 Å². The molecule has 1 aliphatic rings. The molecule has 9 heteroatoms. The predicted molar refractivity (Wildman–Crippen MR) is 115 cm³/mol. The lowest BCUT2D eigenvalue weighted by Crippen LogP contribution is -2.27. The predicted octanol–water partition coefficient (Wildman–Crippen LogP) is 3.26. The standard InChI is InChI=1S/C22H24N4O4S/c1-2-16-5-7-17(8-6-16)15-20-24-25-22(30-20)23-21(27)18-9-11-19(12-10-18)31(28,29)26-13-3-4-14-26/h5-12H,2-4,13-15H2,1H3,(H,23,25,27). The maximum absolute atomic E-state index is 12.6. The van der Waals surface area contributed by atoms with E-state index in [0.29, 0.717) is 31.0 Å². The minimum atomic E-state index is -3.51. The second-order valence-corrected chi connectivity index (χ2v) is 9.38. The minimum Gasteiger partial charge on any atom is -0.407 e. The van der Waals surface area contributed by atoms with E-state index in [2.05, 4.69) is 34.6 Å². The van der Waals surface area contributed by atoms with Gasteiger partial charge in [-0.25, -0.2) is 8.42 Å². The molecule has 1 fully saturated rings. The van der Waals surface area contributed by atoms with Gasteiger partial charge in [0, 0.05) is 18.7 Å². The molecule has 1 aromatic heterocycles. The van der Waals surface area contributed by atoms with Gasteiger partial charge in [0.15, 0.2) is 0 Å². The molecule has 0 aliphatic carbocycles. The zero-order chi connectivity index (χ0) is 21.8. The van der Waals surface area contributed by atoms with Crippen molar-refractivity contribution in [1.82, 2.24) is 14.5 Å². The van der Waals surface area contributed by atoms with E-state index in [1.807, 2.05) is 12.1 Å². The summed E-state index contributed by atoms with van der Waals surface area (Å²) in [6.07, 6.45) is 3.18. The van der Waals surface area contributed by atoms with Crippen LogP contribution in [0.2, 0.25) is 0 Å². The molecule has 1 amide bonds. The number of hydrogen-bond donors (Lipinski definition) is 1. The van der Waals surface area contributed by atoms with Crippen molar-refractivity contribution in [2.75, 3.05) is 18.4 Å². The van der Waals surface area contributed by atoms with Crippen LogP contribution in [0.4, 0.5) is 6.01 Å². The first-order valence-corrected chi connectivity index (χ1v) is 11.7. The fourth-order valence-electron chi connectivity index (χ4n) is 3.47. The number of nitrogens with zero attached hydrogens (tertiary/aromatic N) is 3. The normalized spacial score (nSPS) is 14.6. The number of carbonyl (C=O) groups is 1. The Morgan fingerprint density at radius 3 is 2.29 bits per heavy atom. The average molecular weight is 441 g/mol. The van der Waals surface area contributed by atoms with Gasteiger partial charge in [-0.1, -0.05) is 36.3 Å². The van der Waals surface area contributed by atoms with E-state index in [0.717, 1.165) is 24.8 Å². The van der Waals surface area contributed by atoms with Crippen LogP contribution in [0.3, 0.4) is 0 Å². The number of rotatable bonds is 7. The molecule has 1 N–H and O–H groups in total. The van der Waals surface area contributed by atoms with Crippen molar-refractivity contribution >= 4 is 21.9 Å². The molecule has 0 saturated carbocycles. The quantitative estimate of drug-likeness (QED) is 0.605. The smallest absolute Gasteiger partial charge is 0.322 e. The fourth-order valence-corrected chi connectivity index (χ4v) is 4.99. The summed E-state index contributed by atoms with van der Waals surface area (Å²) in [4.78, 5) is 12.7. The number of aromatic nitrogens is 2. The van der Waals surface area contributed by atoms with Gasteiger partial charge in [-0.05, 0) is 54.7 Å². The summed E-state index contributed by atoms with van der Waals surface area (Å²) in [5, 5.41) is 10.4. The molecule has 162 valence electrons. The SMILES string of the molecule is CCc1ccc(Cc2nnc(NC(=O)c3ccc(S(=O)(=O)N4CCCC4)cc3)o2)cc1. The lowest BCUT2D eigenvalue weighted by molar-refractivity contribution is 0.102. The molecule has 3 aromatic rings. The monoisotopic (exact) mass is 440 g/mol. The van der Waals surface area contributed by atoms with E-state index in [1.54, 1.807) is 0 Å². The topological polar surface area (TPSA) is 105 Å². The second-order valence-electron chi connectivity index (χ2n) is 7.44. The van der Waals surface area contributed by atoms with Gasteiger partial charge in [0.2, 0.25) is 15.9 Å². The first-order valence-electron chi connectivity index (χ1n) is 10.3. The summed E-state index contributed by atoms with van der Waals surface area (Å²) < 4.78 is 32.2. The average Bonchev–Trinajstić information content (AvgIpc) is 3.47. The van der Waals surface area contributed by atoms with Crippen molar-refractivity contribution in [2.24, 2.45) is 0 Å². The van der Waals surface area contributed by atoms with Crippen LogP contribution in [-0.4, -0.2) is 41.9 Å². The lowest BCUT2D eigenvalue weighted by atomic mass is 10.1. The number of hydrogen-bond acceptors (Lipinski definition) is 6. The Kier molecular flexibility index (Phi) is 6.15. The molecule has 8 nitrogen and oxygen atoms in total. The highest BCUT2D eigenvalue weighted by atomic mass is 32.2. The highest BCUT2D eigenvalue weighted by Gasteiger charge is 2.27. The van der Waals surface area contributed by atoms with Crippen LogP contribution in [-0.2, 0) is 22.9 Å². The number of anilines is 1. The van der Waals surface area contributed by atoms with Gasteiger partial charge in [-0.2, -0.15) is 4.31 Å². The number of sulfonamides is 1. The highest BCUT2D eigenvalue weighted by molar-refractivity contribution is 7.89. The zero-order valence-electron chi connectivity index (χ0n) is 17.2. The summed E-state index contributed by atoms with van der Waals surface area (Å²) in [6, 6.07) is 14.0. The highest BCUT2D eigenvalue weighted by Crippen LogP contribution is 2.21. The van der Waals surface area contributed by atoms with Crippen LogP contribution in [0.1, 0.15) is 47.1 Å². The Labute approximate surface area is 181 Å².